The fraction of sp³-hybridized carbons (Fsp3) is 0.444. The fourth-order valence-corrected chi connectivity index (χ4v) is 3.18. The molecule has 0 spiro atoms. The Morgan fingerprint density at radius 3 is 2.76 bits per heavy atom. The first kappa shape index (κ1) is 19.8. The first-order chi connectivity index (χ1) is 12.0. The maximum absolute atomic E-state index is 12.6. The fourth-order valence-electron chi connectivity index (χ4n) is 2.74. The molecule has 1 aromatic rings. The first-order valence-electron chi connectivity index (χ1n) is 8.15. The smallest absolute Gasteiger partial charge is 0.336 e. The number of esters is 1. The number of nitrogens with one attached hydrogen (secondary N) is 1. The minimum atomic E-state index is -0.496. The molecule has 1 aliphatic heterocycles. The molecule has 0 radical (unpaired) electrons. The van der Waals surface area contributed by atoms with E-state index in [0.29, 0.717) is 40.1 Å². The van der Waals surface area contributed by atoms with Crippen LogP contribution in [0.5, 0.6) is 0 Å². The van der Waals surface area contributed by atoms with Gasteiger partial charge in [-0.3, -0.25) is 4.79 Å². The van der Waals surface area contributed by atoms with Gasteiger partial charge < -0.3 is 14.8 Å². The molecule has 0 aromatic heterocycles. The largest absolute Gasteiger partial charge is 0.460 e. The summed E-state index contributed by atoms with van der Waals surface area (Å²) in [7, 11) is 0. The van der Waals surface area contributed by atoms with Gasteiger partial charge in [-0.05, 0) is 25.0 Å². The van der Waals surface area contributed by atoms with Crippen LogP contribution < -0.4 is 5.32 Å². The van der Waals surface area contributed by atoms with Gasteiger partial charge in [0.25, 0.3) is 0 Å². The number of rotatable bonds is 7. The topological polar surface area (TPSA) is 64.6 Å². The van der Waals surface area contributed by atoms with E-state index < -0.39 is 11.9 Å². The summed E-state index contributed by atoms with van der Waals surface area (Å²) in [4.78, 5) is 24.5. The maximum atomic E-state index is 12.6. The van der Waals surface area contributed by atoms with Crippen molar-refractivity contribution < 1.29 is 19.1 Å². The molecule has 136 valence electrons. The summed E-state index contributed by atoms with van der Waals surface area (Å²) in [6, 6.07) is 5.17. The highest BCUT2D eigenvalue weighted by atomic mass is 35.5. The molecule has 2 rings (SSSR count). The molecule has 0 saturated carbocycles. The summed E-state index contributed by atoms with van der Waals surface area (Å²) in [5.74, 6) is -1.16. The van der Waals surface area contributed by atoms with Crippen molar-refractivity contribution in [2.45, 2.75) is 32.6 Å². The third-order valence-electron chi connectivity index (χ3n) is 3.85. The van der Waals surface area contributed by atoms with Crippen LogP contribution in [-0.2, 0) is 19.1 Å². The minimum Gasteiger partial charge on any atom is -0.460 e. The maximum Gasteiger partial charge on any atom is 0.336 e. The van der Waals surface area contributed by atoms with Crippen molar-refractivity contribution in [3.05, 3.63) is 45.1 Å². The van der Waals surface area contributed by atoms with Crippen molar-refractivity contribution in [3.63, 3.8) is 0 Å². The molecule has 1 atom stereocenters. The second-order valence-electron chi connectivity index (χ2n) is 5.73. The molecule has 25 heavy (non-hydrogen) atoms. The monoisotopic (exact) mass is 385 g/mol. The van der Waals surface area contributed by atoms with Crippen molar-refractivity contribution in [1.82, 2.24) is 5.32 Å². The highest BCUT2D eigenvalue weighted by molar-refractivity contribution is 6.42. The summed E-state index contributed by atoms with van der Waals surface area (Å²) >= 11 is 12.4. The first-order valence-corrected chi connectivity index (χ1v) is 8.90. The van der Waals surface area contributed by atoms with Crippen LogP contribution >= 0.6 is 23.2 Å². The van der Waals surface area contributed by atoms with Crippen LogP contribution in [0.25, 0.3) is 0 Å². The van der Waals surface area contributed by atoms with Gasteiger partial charge >= 0.3 is 5.97 Å². The van der Waals surface area contributed by atoms with Crippen molar-refractivity contribution in [1.29, 1.82) is 0 Å². The lowest BCUT2D eigenvalue weighted by molar-refractivity contribution is -0.141. The lowest BCUT2D eigenvalue weighted by Crippen LogP contribution is -2.34. The summed E-state index contributed by atoms with van der Waals surface area (Å²) in [6.45, 7) is 4.79. The number of amides is 1. The molecule has 0 aliphatic carbocycles. The highest BCUT2D eigenvalue weighted by Gasteiger charge is 2.34. The van der Waals surface area contributed by atoms with Crippen LogP contribution in [0, 0.1) is 0 Å². The molecular formula is C18H21Cl2NO4. The van der Waals surface area contributed by atoms with E-state index in [1.54, 1.807) is 25.1 Å². The number of allylic oxidation sites excluding steroid dienone is 1. The zero-order valence-corrected chi connectivity index (χ0v) is 15.7. The van der Waals surface area contributed by atoms with Crippen LogP contribution in [-0.4, -0.2) is 31.7 Å². The molecule has 5 nitrogen and oxygen atoms in total. The quantitative estimate of drug-likeness (QED) is 0.571. The normalized spacial score (nSPS) is 17.4. The Balaban J connectivity index is 2.22. The van der Waals surface area contributed by atoms with Crippen molar-refractivity contribution in [3.8, 4) is 0 Å². The summed E-state index contributed by atoms with van der Waals surface area (Å²) in [5.41, 5.74) is 1.49. The van der Waals surface area contributed by atoms with Crippen LogP contribution in [0.15, 0.2) is 29.5 Å². The third-order valence-corrected chi connectivity index (χ3v) is 4.69. The summed E-state index contributed by atoms with van der Waals surface area (Å²) in [5, 5.41) is 3.41. The van der Waals surface area contributed by atoms with Gasteiger partial charge in [-0.1, -0.05) is 42.3 Å². The van der Waals surface area contributed by atoms with Gasteiger partial charge in [-0.2, -0.15) is 0 Å². The zero-order chi connectivity index (χ0) is 18.4. The Labute approximate surface area is 157 Å². The molecule has 0 saturated heterocycles. The lowest BCUT2D eigenvalue weighted by atomic mass is 9.84. The van der Waals surface area contributed by atoms with Gasteiger partial charge in [-0.25, -0.2) is 4.79 Å². The molecule has 1 amide bonds. The van der Waals surface area contributed by atoms with Gasteiger partial charge in [-0.15, -0.1) is 0 Å². The molecule has 1 heterocycles. The van der Waals surface area contributed by atoms with Gasteiger partial charge in [0.05, 0.1) is 22.2 Å². The third kappa shape index (κ3) is 4.97. The Hall–Kier alpha value is -1.56. The van der Waals surface area contributed by atoms with E-state index in [9.17, 15) is 9.59 Å². The lowest BCUT2D eigenvalue weighted by Gasteiger charge is -2.27. The average molecular weight is 386 g/mol. The van der Waals surface area contributed by atoms with E-state index in [0.717, 1.165) is 6.42 Å². The van der Waals surface area contributed by atoms with Crippen molar-refractivity contribution in [2.75, 3.05) is 19.8 Å². The Kier molecular flexibility index (Phi) is 7.29. The molecule has 0 fully saturated rings. The van der Waals surface area contributed by atoms with Crippen LogP contribution in [0.2, 0.25) is 10.0 Å². The van der Waals surface area contributed by atoms with Gasteiger partial charge in [0.15, 0.2) is 0 Å². The Morgan fingerprint density at radius 2 is 2.04 bits per heavy atom. The van der Waals surface area contributed by atoms with Crippen molar-refractivity contribution >= 4 is 35.1 Å². The molecule has 1 N–H and O–H groups in total. The standard InChI is InChI=1S/C18H21Cl2NO4/c1-3-7-24-8-9-25-18(23)16-11(2)21-15(22)10-13(16)12-5-4-6-14(19)17(12)20/h4-6,13H,3,7-10H2,1-2H3,(H,21,22). The zero-order valence-electron chi connectivity index (χ0n) is 14.2. The van der Waals surface area contributed by atoms with Crippen LogP contribution in [0.3, 0.4) is 0 Å². The number of ether oxygens (including phenoxy) is 2. The van der Waals surface area contributed by atoms with Gasteiger partial charge in [0.1, 0.15) is 6.61 Å². The molecular weight excluding hydrogens is 365 g/mol. The Bertz CT molecular complexity index is 688. The minimum absolute atomic E-state index is 0.105. The van der Waals surface area contributed by atoms with E-state index >= 15 is 0 Å². The van der Waals surface area contributed by atoms with Crippen molar-refractivity contribution in [2.24, 2.45) is 0 Å². The average Bonchev–Trinajstić information content (AvgIpc) is 2.56. The SMILES string of the molecule is CCCOCCOC(=O)C1=C(C)NC(=O)CC1c1cccc(Cl)c1Cl. The number of hydrogen-bond acceptors (Lipinski definition) is 4. The van der Waals surface area contributed by atoms with E-state index in [4.69, 9.17) is 32.7 Å². The molecule has 0 bridgehead atoms. The van der Waals surface area contributed by atoms with E-state index in [2.05, 4.69) is 5.32 Å². The van der Waals surface area contributed by atoms with E-state index in [1.807, 2.05) is 6.92 Å². The second-order valence-corrected chi connectivity index (χ2v) is 6.52. The van der Waals surface area contributed by atoms with Crippen LogP contribution in [0.4, 0.5) is 0 Å². The second kappa shape index (κ2) is 9.22. The van der Waals surface area contributed by atoms with E-state index in [-0.39, 0.29) is 18.9 Å². The predicted octanol–water partition coefficient (Wildman–Crippen LogP) is 3.84. The number of carbonyl (C=O) groups is 2. The molecule has 7 heteroatoms. The molecule has 1 unspecified atom stereocenters. The summed E-state index contributed by atoms with van der Waals surface area (Å²) < 4.78 is 10.6. The van der Waals surface area contributed by atoms with Gasteiger partial charge in [0.2, 0.25) is 5.91 Å². The van der Waals surface area contributed by atoms with E-state index in [1.165, 1.54) is 0 Å². The highest BCUT2D eigenvalue weighted by Crippen LogP contribution is 2.39. The van der Waals surface area contributed by atoms with Crippen LogP contribution in [0.1, 0.15) is 38.2 Å². The molecule has 1 aliphatic rings. The number of hydrogen-bond donors (Lipinski definition) is 1. The number of benzene rings is 1. The number of carbonyl (C=O) groups excluding carboxylic acids is 2. The summed E-state index contributed by atoms with van der Waals surface area (Å²) in [6.07, 6.45) is 1.01. The number of halogens is 2. The van der Waals surface area contributed by atoms with Gasteiger partial charge in [0, 0.05) is 24.6 Å². The Morgan fingerprint density at radius 1 is 1.28 bits per heavy atom. The predicted molar refractivity (Wildman–Crippen MR) is 96.7 cm³/mol. The molecule has 1 aromatic carbocycles.